The molecular formula is C12H22N6O2. The van der Waals surface area contributed by atoms with Crippen molar-refractivity contribution in [1.82, 2.24) is 15.0 Å². The number of anilines is 2. The van der Waals surface area contributed by atoms with E-state index < -0.39 is 0 Å². The molecule has 1 saturated heterocycles. The fraction of sp³-hybridized carbons (Fsp3) is 0.750. The number of nitrogens with two attached hydrogens (primary N) is 1. The third kappa shape index (κ3) is 3.67. The molecule has 0 aromatic carbocycles. The lowest BCUT2D eigenvalue weighted by Gasteiger charge is -2.35. The molecule has 1 aliphatic heterocycles. The van der Waals surface area contributed by atoms with Gasteiger partial charge in [0.2, 0.25) is 11.9 Å². The van der Waals surface area contributed by atoms with Crippen LogP contribution in [-0.2, 0) is 4.74 Å². The second kappa shape index (κ2) is 6.67. The molecule has 20 heavy (non-hydrogen) atoms. The number of hydrogen-bond acceptors (Lipinski definition) is 8. The molecule has 2 rings (SSSR count). The van der Waals surface area contributed by atoms with E-state index in [4.69, 9.17) is 15.3 Å². The molecular weight excluding hydrogens is 260 g/mol. The minimum atomic E-state index is 0.129. The predicted octanol–water partition coefficient (Wildman–Crippen LogP) is 0.560. The van der Waals surface area contributed by atoms with Gasteiger partial charge in [0, 0.05) is 13.1 Å². The molecule has 0 radical (unpaired) electrons. The van der Waals surface area contributed by atoms with Crippen LogP contribution in [0.25, 0.3) is 0 Å². The largest absolute Gasteiger partial charge is 0.463 e. The first-order chi connectivity index (χ1) is 9.62. The van der Waals surface area contributed by atoms with Crippen molar-refractivity contribution in [3.05, 3.63) is 0 Å². The summed E-state index contributed by atoms with van der Waals surface area (Å²) in [5.74, 6) is 6.25. The molecule has 0 amide bonds. The van der Waals surface area contributed by atoms with Gasteiger partial charge in [-0.3, -0.25) is 5.43 Å². The molecule has 2 heterocycles. The van der Waals surface area contributed by atoms with E-state index in [0.29, 0.717) is 18.5 Å². The molecule has 0 spiro atoms. The van der Waals surface area contributed by atoms with E-state index in [1.165, 1.54) is 0 Å². The number of rotatable bonds is 5. The molecule has 112 valence electrons. The third-order valence-corrected chi connectivity index (χ3v) is 2.87. The van der Waals surface area contributed by atoms with Crippen LogP contribution >= 0.6 is 0 Å². The Bertz CT molecular complexity index is 434. The average Bonchev–Trinajstić information content (AvgIpc) is 2.43. The summed E-state index contributed by atoms with van der Waals surface area (Å²) >= 11 is 0. The molecule has 0 aliphatic carbocycles. The first-order valence-electron chi connectivity index (χ1n) is 6.88. The number of hydrogen-bond donors (Lipinski definition) is 2. The van der Waals surface area contributed by atoms with Crippen LogP contribution in [0.5, 0.6) is 6.01 Å². The highest BCUT2D eigenvalue weighted by Gasteiger charge is 2.25. The third-order valence-electron chi connectivity index (χ3n) is 2.87. The normalized spacial score (nSPS) is 22.7. The van der Waals surface area contributed by atoms with Gasteiger partial charge < -0.3 is 14.4 Å². The van der Waals surface area contributed by atoms with Crippen LogP contribution in [0.1, 0.15) is 27.2 Å². The standard InChI is InChI=1S/C12H22N6O2/c1-4-5-19-12-15-10(17-13)14-11(16-12)18-6-8(2)20-9(3)7-18/h8-9H,4-7,13H2,1-3H3,(H,14,15,16,17)/t8-,9+. The van der Waals surface area contributed by atoms with Crippen molar-refractivity contribution in [2.24, 2.45) is 5.84 Å². The summed E-state index contributed by atoms with van der Waals surface area (Å²) < 4.78 is 11.2. The van der Waals surface area contributed by atoms with Gasteiger partial charge in [-0.05, 0) is 20.3 Å². The molecule has 3 N–H and O–H groups in total. The molecule has 2 atom stereocenters. The molecule has 0 saturated carbocycles. The highest BCUT2D eigenvalue weighted by atomic mass is 16.5. The van der Waals surface area contributed by atoms with Crippen LogP contribution in [0.15, 0.2) is 0 Å². The number of morpholine rings is 1. The second-order valence-corrected chi connectivity index (χ2v) is 4.90. The first-order valence-corrected chi connectivity index (χ1v) is 6.88. The van der Waals surface area contributed by atoms with E-state index in [0.717, 1.165) is 19.5 Å². The number of nitrogen functional groups attached to an aromatic ring is 1. The van der Waals surface area contributed by atoms with E-state index in [9.17, 15) is 0 Å². The van der Waals surface area contributed by atoms with Crippen molar-refractivity contribution < 1.29 is 9.47 Å². The van der Waals surface area contributed by atoms with E-state index in [1.54, 1.807) is 0 Å². The topological polar surface area (TPSA) is 98.4 Å². The molecule has 1 aromatic heterocycles. The summed E-state index contributed by atoms with van der Waals surface area (Å²) in [5, 5.41) is 0. The fourth-order valence-electron chi connectivity index (χ4n) is 2.15. The van der Waals surface area contributed by atoms with Crippen molar-refractivity contribution in [3.63, 3.8) is 0 Å². The maximum atomic E-state index is 5.71. The number of aromatic nitrogens is 3. The zero-order valence-corrected chi connectivity index (χ0v) is 12.2. The fourth-order valence-corrected chi connectivity index (χ4v) is 2.15. The Kier molecular flexibility index (Phi) is 4.91. The molecule has 8 nitrogen and oxygen atoms in total. The van der Waals surface area contributed by atoms with Crippen LogP contribution < -0.4 is 20.9 Å². The molecule has 1 aliphatic rings. The van der Waals surface area contributed by atoms with E-state index in [2.05, 4.69) is 25.3 Å². The van der Waals surface area contributed by atoms with Crippen LogP contribution in [0.3, 0.4) is 0 Å². The van der Waals surface area contributed by atoms with E-state index in [1.807, 2.05) is 20.8 Å². The summed E-state index contributed by atoms with van der Waals surface area (Å²) in [6.45, 7) is 8.09. The van der Waals surface area contributed by atoms with Gasteiger partial charge in [-0.25, -0.2) is 5.84 Å². The Hall–Kier alpha value is -1.67. The zero-order chi connectivity index (χ0) is 14.5. The monoisotopic (exact) mass is 282 g/mol. The minimum absolute atomic E-state index is 0.129. The van der Waals surface area contributed by atoms with Crippen molar-refractivity contribution in [2.75, 3.05) is 30.0 Å². The number of hydrazine groups is 1. The SMILES string of the molecule is CCCOc1nc(NN)nc(N2C[C@@H](C)O[C@@H](C)C2)n1. The number of ether oxygens (including phenoxy) is 2. The van der Waals surface area contributed by atoms with Gasteiger partial charge in [-0.15, -0.1) is 0 Å². The van der Waals surface area contributed by atoms with Gasteiger partial charge in [-0.1, -0.05) is 6.92 Å². The first kappa shape index (κ1) is 14.7. The predicted molar refractivity (Wildman–Crippen MR) is 75.6 cm³/mol. The Morgan fingerprint density at radius 3 is 2.60 bits per heavy atom. The highest BCUT2D eigenvalue weighted by Crippen LogP contribution is 2.19. The lowest BCUT2D eigenvalue weighted by molar-refractivity contribution is -0.00577. The summed E-state index contributed by atoms with van der Waals surface area (Å²) in [6, 6.07) is 0.289. The molecule has 0 bridgehead atoms. The van der Waals surface area contributed by atoms with Gasteiger partial charge in [0.1, 0.15) is 0 Å². The molecule has 1 fully saturated rings. The average molecular weight is 282 g/mol. The van der Waals surface area contributed by atoms with Crippen molar-refractivity contribution in [2.45, 2.75) is 39.4 Å². The Morgan fingerprint density at radius 1 is 1.30 bits per heavy atom. The van der Waals surface area contributed by atoms with Crippen molar-refractivity contribution in [3.8, 4) is 6.01 Å². The number of nitrogens with one attached hydrogen (secondary N) is 1. The Morgan fingerprint density at radius 2 is 2.00 bits per heavy atom. The highest BCUT2D eigenvalue weighted by molar-refractivity contribution is 5.38. The lowest BCUT2D eigenvalue weighted by Crippen LogP contribution is -2.46. The van der Waals surface area contributed by atoms with Crippen molar-refractivity contribution in [1.29, 1.82) is 0 Å². The summed E-state index contributed by atoms with van der Waals surface area (Å²) in [4.78, 5) is 14.8. The minimum Gasteiger partial charge on any atom is -0.463 e. The molecule has 0 unspecified atom stereocenters. The molecule has 1 aromatic rings. The van der Waals surface area contributed by atoms with E-state index in [-0.39, 0.29) is 18.2 Å². The van der Waals surface area contributed by atoms with Gasteiger partial charge in [0.15, 0.2) is 0 Å². The quantitative estimate of drug-likeness (QED) is 0.597. The van der Waals surface area contributed by atoms with Crippen LogP contribution in [0, 0.1) is 0 Å². The van der Waals surface area contributed by atoms with Gasteiger partial charge in [0.25, 0.3) is 0 Å². The van der Waals surface area contributed by atoms with Crippen LogP contribution in [0.2, 0.25) is 0 Å². The lowest BCUT2D eigenvalue weighted by atomic mass is 10.2. The molecule has 8 heteroatoms. The Balaban J connectivity index is 2.20. The summed E-state index contributed by atoms with van der Waals surface area (Å²) in [6.07, 6.45) is 1.15. The number of nitrogens with zero attached hydrogens (tertiary/aromatic N) is 4. The van der Waals surface area contributed by atoms with Gasteiger partial charge >= 0.3 is 6.01 Å². The summed E-state index contributed by atoms with van der Waals surface area (Å²) in [7, 11) is 0. The maximum Gasteiger partial charge on any atom is 0.323 e. The van der Waals surface area contributed by atoms with Gasteiger partial charge in [0.05, 0.1) is 18.8 Å². The zero-order valence-electron chi connectivity index (χ0n) is 12.2. The Labute approximate surface area is 118 Å². The maximum absolute atomic E-state index is 5.71. The van der Waals surface area contributed by atoms with Crippen LogP contribution in [0.4, 0.5) is 11.9 Å². The van der Waals surface area contributed by atoms with Crippen LogP contribution in [-0.4, -0.2) is 46.9 Å². The van der Waals surface area contributed by atoms with Crippen molar-refractivity contribution >= 4 is 11.9 Å². The smallest absolute Gasteiger partial charge is 0.323 e. The summed E-state index contributed by atoms with van der Waals surface area (Å²) in [5.41, 5.74) is 2.45. The van der Waals surface area contributed by atoms with Gasteiger partial charge in [-0.2, -0.15) is 15.0 Å². The van der Waals surface area contributed by atoms with E-state index >= 15 is 0 Å². The second-order valence-electron chi connectivity index (χ2n) is 4.90.